The minimum Gasteiger partial charge on any atom is -0.261 e. The minimum absolute atomic E-state index is 0.385. The lowest BCUT2D eigenvalue weighted by Crippen LogP contribution is -2.02. The van der Waals surface area contributed by atoms with Crippen molar-refractivity contribution in [2.45, 2.75) is 32.6 Å². The van der Waals surface area contributed by atoms with E-state index in [1.807, 2.05) is 12.4 Å². The molecule has 0 saturated carbocycles. The van der Waals surface area contributed by atoms with Crippen LogP contribution in [-0.2, 0) is 12.8 Å². The van der Waals surface area contributed by atoms with Gasteiger partial charge in [-0.3, -0.25) is 15.0 Å². The maximum absolute atomic E-state index is 4.34. The first-order valence-electron chi connectivity index (χ1n) is 5.99. The van der Waals surface area contributed by atoms with Gasteiger partial charge in [0, 0.05) is 36.4 Å². The van der Waals surface area contributed by atoms with Crippen molar-refractivity contribution in [3.8, 4) is 0 Å². The fourth-order valence-electron chi connectivity index (χ4n) is 1.87. The Kier molecular flexibility index (Phi) is 3.81. The van der Waals surface area contributed by atoms with E-state index in [4.69, 9.17) is 0 Å². The summed E-state index contributed by atoms with van der Waals surface area (Å²) in [7, 11) is 0. The molecule has 0 N–H and O–H groups in total. The lowest BCUT2D eigenvalue weighted by Gasteiger charge is -2.10. The first-order valence-corrected chi connectivity index (χ1v) is 5.99. The van der Waals surface area contributed by atoms with E-state index < -0.39 is 0 Å². The van der Waals surface area contributed by atoms with Crippen molar-refractivity contribution in [1.82, 2.24) is 15.0 Å². The average molecular weight is 227 g/mol. The molecule has 2 aromatic heterocycles. The van der Waals surface area contributed by atoms with Crippen molar-refractivity contribution in [2.75, 3.05) is 0 Å². The van der Waals surface area contributed by atoms with E-state index in [0.29, 0.717) is 5.92 Å². The van der Waals surface area contributed by atoms with Gasteiger partial charge in [-0.1, -0.05) is 13.8 Å². The van der Waals surface area contributed by atoms with Crippen molar-refractivity contribution >= 4 is 0 Å². The van der Waals surface area contributed by atoms with Crippen molar-refractivity contribution in [3.63, 3.8) is 0 Å². The quantitative estimate of drug-likeness (QED) is 0.806. The summed E-state index contributed by atoms with van der Waals surface area (Å²) in [5.74, 6) is 0.385. The van der Waals surface area contributed by atoms with E-state index in [1.54, 1.807) is 12.4 Å². The van der Waals surface area contributed by atoms with Crippen LogP contribution < -0.4 is 0 Å². The molecular weight excluding hydrogens is 210 g/mol. The molecule has 17 heavy (non-hydrogen) atoms. The van der Waals surface area contributed by atoms with E-state index in [2.05, 4.69) is 40.9 Å². The van der Waals surface area contributed by atoms with Gasteiger partial charge in [0.05, 0.1) is 5.69 Å². The minimum atomic E-state index is 0.385. The fraction of sp³-hybridized carbons (Fsp3) is 0.357. The van der Waals surface area contributed by atoms with Crippen LogP contribution in [0.25, 0.3) is 0 Å². The number of aryl methyl sites for hydroxylation is 1. The molecule has 0 aromatic carbocycles. The van der Waals surface area contributed by atoms with Gasteiger partial charge >= 0.3 is 0 Å². The topological polar surface area (TPSA) is 38.7 Å². The Labute approximate surface area is 102 Å². The fourth-order valence-corrected chi connectivity index (χ4v) is 1.87. The molecule has 0 aliphatic carbocycles. The summed E-state index contributed by atoms with van der Waals surface area (Å²) < 4.78 is 0. The van der Waals surface area contributed by atoms with Gasteiger partial charge < -0.3 is 0 Å². The van der Waals surface area contributed by atoms with Crippen LogP contribution in [0.3, 0.4) is 0 Å². The van der Waals surface area contributed by atoms with Gasteiger partial charge in [-0.05, 0) is 30.5 Å². The summed E-state index contributed by atoms with van der Waals surface area (Å²) in [6.07, 6.45) is 9.14. The number of pyridine rings is 1. The first-order chi connectivity index (χ1) is 8.29. The zero-order valence-electron chi connectivity index (χ0n) is 10.3. The second-order valence-corrected chi connectivity index (χ2v) is 4.24. The summed E-state index contributed by atoms with van der Waals surface area (Å²) in [6, 6.07) is 4.25. The molecule has 2 rings (SSSR count). The van der Waals surface area contributed by atoms with Crippen LogP contribution in [0.2, 0.25) is 0 Å². The molecule has 0 radical (unpaired) electrons. The van der Waals surface area contributed by atoms with Crippen molar-refractivity contribution in [3.05, 3.63) is 53.9 Å². The molecule has 2 aromatic rings. The third kappa shape index (κ3) is 3.09. The predicted octanol–water partition coefficient (Wildman–Crippen LogP) is 2.78. The predicted molar refractivity (Wildman–Crippen MR) is 67.8 cm³/mol. The highest BCUT2D eigenvalue weighted by atomic mass is 14.8. The zero-order chi connectivity index (χ0) is 12.1. The molecule has 0 spiro atoms. The van der Waals surface area contributed by atoms with Gasteiger partial charge in [-0.25, -0.2) is 0 Å². The summed E-state index contributed by atoms with van der Waals surface area (Å²) >= 11 is 0. The largest absolute Gasteiger partial charge is 0.261 e. The normalized spacial score (nSPS) is 12.4. The molecule has 3 nitrogen and oxygen atoms in total. The molecule has 88 valence electrons. The summed E-state index contributed by atoms with van der Waals surface area (Å²) in [5, 5.41) is 0. The molecule has 1 atom stereocenters. The Hall–Kier alpha value is -1.77. The van der Waals surface area contributed by atoms with Gasteiger partial charge in [-0.2, -0.15) is 0 Å². The lowest BCUT2D eigenvalue weighted by atomic mass is 9.98. The highest BCUT2D eigenvalue weighted by Crippen LogP contribution is 2.17. The molecule has 0 amide bonds. The molecule has 0 fully saturated rings. The third-order valence-electron chi connectivity index (χ3n) is 2.87. The Bertz CT molecular complexity index is 468. The van der Waals surface area contributed by atoms with E-state index >= 15 is 0 Å². The molecular formula is C14H17N3. The van der Waals surface area contributed by atoms with Crippen LogP contribution in [0, 0.1) is 0 Å². The number of aromatic nitrogens is 3. The summed E-state index contributed by atoms with van der Waals surface area (Å²) in [6.45, 7) is 4.30. The Morgan fingerprint density at radius 3 is 2.76 bits per heavy atom. The summed E-state index contributed by atoms with van der Waals surface area (Å²) in [4.78, 5) is 12.8. The van der Waals surface area contributed by atoms with Crippen LogP contribution in [-0.4, -0.2) is 15.0 Å². The Morgan fingerprint density at radius 1 is 1.18 bits per heavy atom. The summed E-state index contributed by atoms with van der Waals surface area (Å²) in [5.41, 5.74) is 3.51. The number of hydrogen-bond donors (Lipinski definition) is 0. The number of hydrogen-bond acceptors (Lipinski definition) is 3. The SMILES string of the molecule is CCc1cc(CC(C)c2cnccn2)ccn1. The van der Waals surface area contributed by atoms with E-state index in [-0.39, 0.29) is 0 Å². The molecule has 1 unspecified atom stereocenters. The van der Waals surface area contributed by atoms with Crippen LogP contribution in [0.15, 0.2) is 36.9 Å². The van der Waals surface area contributed by atoms with E-state index in [0.717, 1.165) is 24.2 Å². The van der Waals surface area contributed by atoms with Crippen LogP contribution >= 0.6 is 0 Å². The van der Waals surface area contributed by atoms with Gasteiger partial charge in [0.15, 0.2) is 0 Å². The molecule has 3 heteroatoms. The van der Waals surface area contributed by atoms with Crippen molar-refractivity contribution in [2.24, 2.45) is 0 Å². The number of rotatable bonds is 4. The maximum atomic E-state index is 4.34. The average Bonchev–Trinajstić information content (AvgIpc) is 2.40. The van der Waals surface area contributed by atoms with Gasteiger partial charge in [0.2, 0.25) is 0 Å². The standard InChI is InChI=1S/C14H17N3/c1-3-13-9-12(4-5-16-13)8-11(2)14-10-15-6-7-17-14/h4-7,9-11H,3,8H2,1-2H3. The van der Waals surface area contributed by atoms with Crippen molar-refractivity contribution < 1.29 is 0 Å². The molecule has 0 saturated heterocycles. The van der Waals surface area contributed by atoms with Gasteiger partial charge in [0.1, 0.15) is 0 Å². The molecule has 0 aliphatic heterocycles. The van der Waals surface area contributed by atoms with Crippen LogP contribution in [0.4, 0.5) is 0 Å². The Morgan fingerprint density at radius 2 is 2.06 bits per heavy atom. The second kappa shape index (κ2) is 5.53. The highest BCUT2D eigenvalue weighted by molar-refractivity contribution is 5.19. The lowest BCUT2D eigenvalue weighted by molar-refractivity contribution is 0.722. The maximum Gasteiger partial charge on any atom is 0.0618 e. The number of nitrogens with zero attached hydrogens (tertiary/aromatic N) is 3. The van der Waals surface area contributed by atoms with Gasteiger partial charge in [0.25, 0.3) is 0 Å². The monoisotopic (exact) mass is 227 g/mol. The van der Waals surface area contributed by atoms with Gasteiger partial charge in [-0.15, -0.1) is 0 Å². The smallest absolute Gasteiger partial charge is 0.0618 e. The highest BCUT2D eigenvalue weighted by Gasteiger charge is 2.08. The Balaban J connectivity index is 2.10. The second-order valence-electron chi connectivity index (χ2n) is 4.24. The molecule has 2 heterocycles. The molecule has 0 bridgehead atoms. The van der Waals surface area contributed by atoms with Crippen LogP contribution in [0.5, 0.6) is 0 Å². The molecule has 0 aliphatic rings. The zero-order valence-corrected chi connectivity index (χ0v) is 10.3. The first kappa shape index (κ1) is 11.7. The van der Waals surface area contributed by atoms with Crippen molar-refractivity contribution in [1.29, 1.82) is 0 Å². The third-order valence-corrected chi connectivity index (χ3v) is 2.87. The van der Waals surface area contributed by atoms with E-state index in [9.17, 15) is 0 Å². The van der Waals surface area contributed by atoms with E-state index in [1.165, 1.54) is 5.56 Å². The van der Waals surface area contributed by atoms with Crippen LogP contribution in [0.1, 0.15) is 36.7 Å².